The summed E-state index contributed by atoms with van der Waals surface area (Å²) in [5.74, 6) is 3.81. The van der Waals surface area contributed by atoms with Crippen LogP contribution in [0, 0.1) is 23.7 Å². The molecule has 1 aromatic rings. The molecule has 1 aromatic carbocycles. The summed E-state index contributed by atoms with van der Waals surface area (Å²) in [5.41, 5.74) is 0. The summed E-state index contributed by atoms with van der Waals surface area (Å²) in [6.45, 7) is 18.0. The molecule has 0 spiro atoms. The third kappa shape index (κ3) is 6.47. The molecule has 0 bridgehead atoms. The van der Waals surface area contributed by atoms with E-state index in [9.17, 15) is 5.21 Å². The van der Waals surface area contributed by atoms with Gasteiger partial charge in [0.1, 0.15) is 23.7 Å². The fourth-order valence-electron chi connectivity index (χ4n) is 6.12. The van der Waals surface area contributed by atoms with Crippen molar-refractivity contribution in [3.8, 4) is 11.5 Å². The molecule has 4 unspecified atom stereocenters. The molecular formula is C29H50N2O3. The smallest absolute Gasteiger partial charge is 0.119 e. The zero-order valence-corrected chi connectivity index (χ0v) is 23.1. The summed E-state index contributed by atoms with van der Waals surface area (Å²) in [5, 5.41) is 12.3. The summed E-state index contributed by atoms with van der Waals surface area (Å²) >= 11 is 0. The highest BCUT2D eigenvalue weighted by Gasteiger charge is 2.39. The van der Waals surface area contributed by atoms with Crippen LogP contribution in [0.4, 0.5) is 0 Å². The van der Waals surface area contributed by atoms with E-state index in [-0.39, 0.29) is 24.3 Å². The van der Waals surface area contributed by atoms with Gasteiger partial charge in [0.25, 0.3) is 0 Å². The maximum absolute atomic E-state index is 10.7. The molecule has 34 heavy (non-hydrogen) atoms. The molecule has 0 radical (unpaired) electrons. The van der Waals surface area contributed by atoms with Crippen molar-refractivity contribution in [3.63, 3.8) is 0 Å². The highest BCUT2D eigenvalue weighted by Crippen LogP contribution is 2.35. The van der Waals surface area contributed by atoms with Crippen molar-refractivity contribution >= 4 is 0 Å². The molecule has 1 N–H and O–H groups in total. The molecule has 5 heteroatoms. The highest BCUT2D eigenvalue weighted by molar-refractivity contribution is 5.31. The lowest BCUT2D eigenvalue weighted by Gasteiger charge is -2.46. The second kappa shape index (κ2) is 11.6. The standard InChI is InChI=1S/C29H50N2O3/c1-18(2)26-14-24(15-27(19(3)4)30(26)9)33-22-10-12-23(13-11-22)34-25-16-28(20(5)6)31(32)29(17-25)21(7)8/h10-13,18-21,24-29,32H,14-17H2,1-9H3. The average molecular weight is 475 g/mol. The summed E-state index contributed by atoms with van der Waals surface area (Å²) in [7, 11) is 2.28. The Hall–Kier alpha value is -1.30. The van der Waals surface area contributed by atoms with Crippen molar-refractivity contribution in [2.75, 3.05) is 7.05 Å². The molecule has 0 saturated carbocycles. The zero-order chi connectivity index (χ0) is 25.2. The minimum Gasteiger partial charge on any atom is -0.490 e. The van der Waals surface area contributed by atoms with Crippen LogP contribution in [0.5, 0.6) is 11.5 Å². The lowest BCUT2D eigenvalue weighted by molar-refractivity contribution is -0.211. The number of likely N-dealkylation sites (tertiary alicyclic amines) is 1. The Labute approximate surface area is 208 Å². The molecule has 5 nitrogen and oxygen atoms in total. The lowest BCUT2D eigenvalue weighted by Crippen LogP contribution is -2.54. The zero-order valence-electron chi connectivity index (χ0n) is 23.1. The van der Waals surface area contributed by atoms with Crippen LogP contribution in [-0.4, -0.2) is 58.6 Å². The van der Waals surface area contributed by atoms with Crippen molar-refractivity contribution in [2.45, 2.75) is 117 Å². The van der Waals surface area contributed by atoms with Gasteiger partial charge in [-0.15, -0.1) is 0 Å². The molecule has 194 valence electrons. The number of piperidine rings is 2. The van der Waals surface area contributed by atoms with E-state index in [4.69, 9.17) is 9.47 Å². The Morgan fingerprint density at radius 1 is 0.618 bits per heavy atom. The number of ether oxygens (including phenoxy) is 2. The van der Waals surface area contributed by atoms with Gasteiger partial charge >= 0.3 is 0 Å². The molecule has 0 aliphatic carbocycles. The number of hydrogen-bond acceptors (Lipinski definition) is 5. The van der Waals surface area contributed by atoms with Crippen molar-refractivity contribution < 1.29 is 14.7 Å². The summed E-state index contributed by atoms with van der Waals surface area (Å²) in [6, 6.07) is 9.56. The van der Waals surface area contributed by atoms with Crippen LogP contribution in [0.25, 0.3) is 0 Å². The number of benzene rings is 1. The van der Waals surface area contributed by atoms with Gasteiger partial charge < -0.3 is 14.7 Å². The first kappa shape index (κ1) is 27.3. The lowest BCUT2D eigenvalue weighted by atomic mass is 9.83. The molecule has 3 rings (SSSR count). The van der Waals surface area contributed by atoms with E-state index in [0.29, 0.717) is 35.8 Å². The first-order chi connectivity index (χ1) is 16.0. The van der Waals surface area contributed by atoms with Gasteiger partial charge in [0.15, 0.2) is 0 Å². The summed E-state index contributed by atoms with van der Waals surface area (Å²) in [6.07, 6.45) is 4.19. The van der Waals surface area contributed by atoms with E-state index in [2.05, 4.69) is 79.5 Å². The minimum atomic E-state index is 0.113. The highest BCUT2D eigenvalue weighted by atomic mass is 16.5. The van der Waals surface area contributed by atoms with E-state index < -0.39 is 0 Å². The molecule has 2 saturated heterocycles. The van der Waals surface area contributed by atoms with E-state index in [1.807, 2.05) is 12.1 Å². The largest absolute Gasteiger partial charge is 0.490 e. The van der Waals surface area contributed by atoms with Crippen molar-refractivity contribution in [2.24, 2.45) is 23.7 Å². The Balaban J connectivity index is 1.63. The van der Waals surface area contributed by atoms with Gasteiger partial charge in [-0.3, -0.25) is 4.90 Å². The van der Waals surface area contributed by atoms with Crippen molar-refractivity contribution in [1.29, 1.82) is 0 Å². The molecule has 2 aliphatic heterocycles. The topological polar surface area (TPSA) is 45.2 Å². The van der Waals surface area contributed by atoms with E-state index in [0.717, 1.165) is 37.2 Å². The first-order valence-electron chi connectivity index (χ1n) is 13.6. The van der Waals surface area contributed by atoms with Crippen molar-refractivity contribution in [1.82, 2.24) is 9.96 Å². The van der Waals surface area contributed by atoms with Crippen LogP contribution >= 0.6 is 0 Å². The van der Waals surface area contributed by atoms with Gasteiger partial charge in [-0.25, -0.2) is 0 Å². The predicted octanol–water partition coefficient (Wildman–Crippen LogP) is 6.49. The first-order valence-corrected chi connectivity index (χ1v) is 13.6. The van der Waals surface area contributed by atoms with Crippen LogP contribution in [0.2, 0.25) is 0 Å². The van der Waals surface area contributed by atoms with Crippen molar-refractivity contribution in [3.05, 3.63) is 24.3 Å². The third-order valence-corrected chi connectivity index (χ3v) is 8.25. The Kier molecular flexibility index (Phi) is 9.33. The minimum absolute atomic E-state index is 0.113. The summed E-state index contributed by atoms with van der Waals surface area (Å²) < 4.78 is 12.9. The number of nitrogens with zero attached hydrogens (tertiary/aromatic N) is 2. The Morgan fingerprint density at radius 3 is 1.21 bits per heavy atom. The van der Waals surface area contributed by atoms with Gasteiger partial charge in [0.2, 0.25) is 0 Å². The normalized spacial score (nSPS) is 31.6. The van der Waals surface area contributed by atoms with Gasteiger partial charge in [-0.1, -0.05) is 55.4 Å². The number of hydrogen-bond donors (Lipinski definition) is 1. The molecule has 2 heterocycles. The van der Waals surface area contributed by atoms with Gasteiger partial charge in [0, 0.05) is 49.9 Å². The Morgan fingerprint density at radius 2 is 0.912 bits per heavy atom. The average Bonchev–Trinajstić information content (AvgIpc) is 2.76. The van der Waals surface area contributed by atoms with Crippen LogP contribution in [-0.2, 0) is 0 Å². The van der Waals surface area contributed by atoms with E-state index >= 15 is 0 Å². The maximum Gasteiger partial charge on any atom is 0.119 e. The van der Waals surface area contributed by atoms with Gasteiger partial charge in [-0.05, 0) is 55.0 Å². The van der Waals surface area contributed by atoms with Crippen LogP contribution in [0.15, 0.2) is 24.3 Å². The SMILES string of the molecule is CC(C)C1CC(Oc2ccc(OC3CC(C(C)C)N(O)C(C(C)C)C3)cc2)CC(C(C)C)N1C. The monoisotopic (exact) mass is 474 g/mol. The fraction of sp³-hybridized carbons (Fsp3) is 0.793. The number of hydroxylamine groups is 2. The second-order valence-corrected chi connectivity index (χ2v) is 12.2. The quantitative estimate of drug-likeness (QED) is 0.466. The third-order valence-electron chi connectivity index (χ3n) is 8.25. The molecular weight excluding hydrogens is 424 g/mol. The second-order valence-electron chi connectivity index (χ2n) is 12.2. The molecule has 4 atom stereocenters. The fourth-order valence-corrected chi connectivity index (χ4v) is 6.12. The van der Waals surface area contributed by atoms with Crippen LogP contribution < -0.4 is 9.47 Å². The molecule has 0 aromatic heterocycles. The van der Waals surface area contributed by atoms with Crippen LogP contribution in [0.1, 0.15) is 81.1 Å². The number of rotatable bonds is 8. The van der Waals surface area contributed by atoms with E-state index in [1.165, 1.54) is 0 Å². The summed E-state index contributed by atoms with van der Waals surface area (Å²) in [4.78, 5) is 2.58. The predicted molar refractivity (Wildman–Crippen MR) is 140 cm³/mol. The molecule has 0 amide bonds. The maximum atomic E-state index is 10.7. The molecule has 2 aliphatic rings. The van der Waals surface area contributed by atoms with Gasteiger partial charge in [-0.2, -0.15) is 5.06 Å². The van der Waals surface area contributed by atoms with E-state index in [1.54, 1.807) is 5.06 Å². The van der Waals surface area contributed by atoms with Gasteiger partial charge in [0.05, 0.1) is 0 Å². The Bertz CT molecular complexity index is 649. The van der Waals surface area contributed by atoms with Crippen LogP contribution in [0.3, 0.4) is 0 Å². The molecule has 2 fully saturated rings.